The summed E-state index contributed by atoms with van der Waals surface area (Å²) in [4.78, 5) is 32.3. The van der Waals surface area contributed by atoms with Crippen LogP contribution in [0, 0.1) is 3.57 Å². The largest absolute Gasteiger partial charge is 0.504 e. The Labute approximate surface area is 243 Å². The number of thiazole rings is 1. The molecule has 3 aromatic rings. The first-order valence-corrected chi connectivity index (χ1v) is 14.3. The van der Waals surface area contributed by atoms with Crippen LogP contribution in [0.2, 0.25) is 0 Å². The van der Waals surface area contributed by atoms with Crippen molar-refractivity contribution in [2.75, 3.05) is 26.9 Å². The van der Waals surface area contributed by atoms with E-state index in [0.717, 1.165) is 0 Å². The Morgan fingerprint density at radius 2 is 1.90 bits per heavy atom. The van der Waals surface area contributed by atoms with Crippen LogP contribution in [0.15, 0.2) is 51.4 Å². The second-order valence-electron chi connectivity index (χ2n) is 8.40. The van der Waals surface area contributed by atoms with Gasteiger partial charge in [-0.05, 0) is 80.1 Å². The molecular formula is C28H29IN2O7S. The summed E-state index contributed by atoms with van der Waals surface area (Å²) in [6, 6.07) is 7.96. The third-order valence-electron chi connectivity index (χ3n) is 5.98. The minimum Gasteiger partial charge on any atom is -0.504 e. The molecule has 11 heteroatoms. The molecular weight excluding hydrogens is 635 g/mol. The second-order valence-corrected chi connectivity index (χ2v) is 10.6. The van der Waals surface area contributed by atoms with E-state index in [1.54, 1.807) is 44.2 Å². The Morgan fingerprint density at radius 3 is 2.56 bits per heavy atom. The normalized spacial score (nSPS) is 15.0. The maximum Gasteiger partial charge on any atom is 0.338 e. The molecule has 1 aromatic heterocycles. The summed E-state index contributed by atoms with van der Waals surface area (Å²) in [6.07, 6.45) is 1.73. The Balaban J connectivity index is 2.00. The van der Waals surface area contributed by atoms with Gasteiger partial charge in [0, 0.05) is 5.56 Å². The molecule has 0 spiro atoms. The highest BCUT2D eigenvalue weighted by Gasteiger charge is 2.36. The van der Waals surface area contributed by atoms with Crippen LogP contribution in [0.3, 0.4) is 0 Å². The average Bonchev–Trinajstić information content (AvgIpc) is 3.20. The highest BCUT2D eigenvalue weighted by Crippen LogP contribution is 2.41. The van der Waals surface area contributed by atoms with E-state index >= 15 is 0 Å². The van der Waals surface area contributed by atoms with Crippen LogP contribution in [0.4, 0.5) is 0 Å². The van der Waals surface area contributed by atoms with Gasteiger partial charge >= 0.3 is 5.97 Å². The molecule has 39 heavy (non-hydrogen) atoms. The predicted molar refractivity (Wildman–Crippen MR) is 157 cm³/mol. The van der Waals surface area contributed by atoms with Gasteiger partial charge in [-0.15, -0.1) is 0 Å². The van der Waals surface area contributed by atoms with E-state index in [9.17, 15) is 14.7 Å². The number of carbonyl (C=O) groups excluding carboxylic acids is 1. The molecule has 1 atom stereocenters. The maximum atomic E-state index is 14.0. The van der Waals surface area contributed by atoms with Gasteiger partial charge in [0.2, 0.25) is 0 Å². The predicted octanol–water partition coefficient (Wildman–Crippen LogP) is 3.91. The monoisotopic (exact) mass is 664 g/mol. The summed E-state index contributed by atoms with van der Waals surface area (Å²) in [7, 11) is 1.54. The van der Waals surface area contributed by atoms with Crippen LogP contribution in [0.25, 0.3) is 6.08 Å². The number of phenols is 1. The van der Waals surface area contributed by atoms with Crippen molar-refractivity contribution in [2.24, 2.45) is 4.99 Å². The third kappa shape index (κ3) is 5.55. The number of ether oxygens (including phenoxy) is 4. The third-order valence-corrected chi connectivity index (χ3v) is 7.78. The van der Waals surface area contributed by atoms with Crippen molar-refractivity contribution < 1.29 is 28.8 Å². The van der Waals surface area contributed by atoms with Crippen molar-refractivity contribution in [1.82, 2.24) is 4.57 Å². The fraction of sp³-hybridized carbons (Fsp3) is 0.321. The van der Waals surface area contributed by atoms with Crippen molar-refractivity contribution in [3.63, 3.8) is 0 Å². The van der Waals surface area contributed by atoms with Crippen LogP contribution < -0.4 is 29.1 Å². The number of methoxy groups -OCH3 is 1. The summed E-state index contributed by atoms with van der Waals surface area (Å²) in [5.41, 5.74) is 1.64. The van der Waals surface area contributed by atoms with Gasteiger partial charge in [-0.1, -0.05) is 23.5 Å². The maximum absolute atomic E-state index is 14.0. The number of rotatable bonds is 9. The molecule has 9 nitrogen and oxygen atoms in total. The summed E-state index contributed by atoms with van der Waals surface area (Å²) in [6.45, 7) is 8.05. The number of halogens is 1. The lowest BCUT2D eigenvalue weighted by Crippen LogP contribution is -2.40. The lowest BCUT2D eigenvalue weighted by Gasteiger charge is -2.26. The van der Waals surface area contributed by atoms with Gasteiger partial charge in [-0.25, -0.2) is 9.79 Å². The molecule has 2 aromatic carbocycles. The lowest BCUT2D eigenvalue weighted by atomic mass is 9.94. The molecule has 0 saturated heterocycles. The quantitative estimate of drug-likeness (QED) is 0.273. The number of fused-ring (bicyclic) bond motifs is 1. The number of hydrogen-bond acceptors (Lipinski definition) is 9. The van der Waals surface area contributed by atoms with E-state index in [4.69, 9.17) is 18.9 Å². The first-order chi connectivity index (χ1) is 18.7. The Morgan fingerprint density at radius 1 is 1.15 bits per heavy atom. The zero-order valence-corrected chi connectivity index (χ0v) is 25.2. The molecule has 4 rings (SSSR count). The van der Waals surface area contributed by atoms with Gasteiger partial charge in [0.25, 0.3) is 5.56 Å². The molecule has 2 heterocycles. The topological polar surface area (TPSA) is 109 Å². The van der Waals surface area contributed by atoms with E-state index in [2.05, 4.69) is 4.99 Å². The first-order valence-electron chi connectivity index (χ1n) is 12.4. The molecule has 1 aliphatic heterocycles. The van der Waals surface area contributed by atoms with E-state index in [0.29, 0.717) is 60.2 Å². The molecule has 0 fully saturated rings. The molecule has 1 N–H and O–H groups in total. The number of esters is 1. The molecule has 0 amide bonds. The Kier molecular flexibility index (Phi) is 9.01. The summed E-state index contributed by atoms with van der Waals surface area (Å²) in [5, 5.41) is 10.3. The number of carbonyl (C=O) groups is 1. The van der Waals surface area contributed by atoms with E-state index in [1.807, 2.05) is 42.5 Å². The zero-order chi connectivity index (χ0) is 28.3. The van der Waals surface area contributed by atoms with Crippen LogP contribution in [0.1, 0.15) is 44.9 Å². The number of allylic oxidation sites excluding steroid dienone is 1. The van der Waals surface area contributed by atoms with Crippen LogP contribution in [-0.4, -0.2) is 42.6 Å². The molecule has 0 saturated carbocycles. The van der Waals surface area contributed by atoms with Crippen molar-refractivity contribution in [3.8, 4) is 23.0 Å². The minimum atomic E-state index is -0.849. The van der Waals surface area contributed by atoms with Crippen LogP contribution in [-0.2, 0) is 9.53 Å². The highest BCUT2D eigenvalue weighted by molar-refractivity contribution is 14.1. The van der Waals surface area contributed by atoms with Gasteiger partial charge in [0.15, 0.2) is 27.8 Å². The van der Waals surface area contributed by atoms with Gasteiger partial charge in [0.05, 0.1) is 46.3 Å². The molecule has 0 aliphatic carbocycles. The second kappa shape index (κ2) is 12.2. The van der Waals surface area contributed by atoms with E-state index in [-0.39, 0.29) is 23.5 Å². The lowest BCUT2D eigenvalue weighted by molar-refractivity contribution is -0.139. The summed E-state index contributed by atoms with van der Waals surface area (Å²) < 4.78 is 25.0. The molecule has 1 aliphatic rings. The fourth-order valence-corrected chi connectivity index (χ4v) is 6.06. The number of aromatic hydroxyl groups is 1. The minimum absolute atomic E-state index is 0.0484. The number of nitrogens with zero attached hydrogens (tertiary/aromatic N) is 2. The standard InChI is InChI=1S/C28H29IN2O7S/c1-6-36-20-13-16(12-18(29)24(20)32)14-21-26(33)31-23(17-10-9-11-19(35-5)25(17)37-7-2)22(27(34)38-8-3)15(4)30-28(31)39-21/h9-14,23,32H,6-8H2,1-5H3/b21-14+/t23-/m1/s1. The number of benzene rings is 2. The van der Waals surface area contributed by atoms with Gasteiger partial charge in [0.1, 0.15) is 6.04 Å². The van der Waals surface area contributed by atoms with E-state index in [1.165, 1.54) is 23.0 Å². The van der Waals surface area contributed by atoms with Crippen molar-refractivity contribution in [3.05, 3.63) is 76.0 Å². The number of hydrogen-bond donors (Lipinski definition) is 1. The SMILES string of the molecule is CCOC(=O)C1=C(C)N=c2s/c(=C/c3cc(I)c(O)c(OCC)c3)c(=O)n2[C@@H]1c1cccc(OC)c1OCC. The molecule has 0 unspecified atom stereocenters. The van der Waals surface area contributed by atoms with E-state index < -0.39 is 12.0 Å². The van der Waals surface area contributed by atoms with Crippen molar-refractivity contribution in [1.29, 1.82) is 0 Å². The van der Waals surface area contributed by atoms with Gasteiger partial charge in [-0.3, -0.25) is 9.36 Å². The zero-order valence-electron chi connectivity index (χ0n) is 22.2. The van der Waals surface area contributed by atoms with Crippen molar-refractivity contribution >= 4 is 46.0 Å². The Hall–Kier alpha value is -3.32. The summed E-state index contributed by atoms with van der Waals surface area (Å²) in [5.74, 6) is 0.744. The number of para-hydroxylation sites is 1. The summed E-state index contributed by atoms with van der Waals surface area (Å²) >= 11 is 3.23. The average molecular weight is 665 g/mol. The highest BCUT2D eigenvalue weighted by atomic mass is 127. The Bertz CT molecular complexity index is 1620. The van der Waals surface area contributed by atoms with Gasteiger partial charge in [-0.2, -0.15) is 0 Å². The molecule has 0 bridgehead atoms. The van der Waals surface area contributed by atoms with Crippen LogP contribution in [0.5, 0.6) is 23.0 Å². The van der Waals surface area contributed by atoms with Gasteiger partial charge < -0.3 is 24.1 Å². The number of aromatic nitrogens is 1. The fourth-order valence-electron chi connectivity index (χ4n) is 4.39. The smallest absolute Gasteiger partial charge is 0.338 e. The number of phenolic OH excluding ortho intramolecular Hbond substituents is 1. The van der Waals surface area contributed by atoms with Crippen LogP contribution >= 0.6 is 33.9 Å². The van der Waals surface area contributed by atoms with Crippen molar-refractivity contribution in [2.45, 2.75) is 33.7 Å². The first kappa shape index (κ1) is 28.7. The molecule has 206 valence electrons. The molecule has 0 radical (unpaired) electrons.